The normalized spacial score (nSPS) is 22.9. The van der Waals surface area contributed by atoms with Gasteiger partial charge < -0.3 is 9.52 Å². The van der Waals surface area contributed by atoms with Gasteiger partial charge in [0.05, 0.1) is 0 Å². The molecule has 1 N–H and O–H groups in total. The minimum atomic E-state index is -5.02. The number of carbonyl (C=O) groups is 1. The van der Waals surface area contributed by atoms with Gasteiger partial charge in [0.1, 0.15) is 5.76 Å². The van der Waals surface area contributed by atoms with Crippen LogP contribution in [0.1, 0.15) is 36.6 Å². The SMILES string of the molecule is Cc1ccc(C(=O)N2N=C(C(C)C)C[C@@]2(O)C(F)(F)F)o1. The fourth-order valence-electron chi connectivity index (χ4n) is 1.98. The van der Waals surface area contributed by atoms with Gasteiger partial charge >= 0.3 is 12.1 Å². The third-order valence-electron chi connectivity index (χ3n) is 3.27. The predicted octanol–water partition coefficient (Wildman–Crippen LogP) is 2.70. The van der Waals surface area contributed by atoms with E-state index in [1.54, 1.807) is 20.8 Å². The first-order valence-corrected chi connectivity index (χ1v) is 6.33. The van der Waals surface area contributed by atoms with Gasteiger partial charge in [-0.2, -0.15) is 23.3 Å². The highest BCUT2D eigenvalue weighted by Crippen LogP contribution is 2.42. The van der Waals surface area contributed by atoms with Gasteiger partial charge in [0.15, 0.2) is 5.76 Å². The van der Waals surface area contributed by atoms with Crippen molar-refractivity contribution in [2.45, 2.75) is 39.1 Å². The van der Waals surface area contributed by atoms with Gasteiger partial charge in [-0.15, -0.1) is 0 Å². The molecule has 0 fully saturated rings. The van der Waals surface area contributed by atoms with E-state index in [2.05, 4.69) is 5.10 Å². The van der Waals surface area contributed by atoms with E-state index in [9.17, 15) is 23.1 Å². The molecule has 1 aliphatic heterocycles. The zero-order valence-electron chi connectivity index (χ0n) is 11.7. The van der Waals surface area contributed by atoms with Gasteiger partial charge in [-0.25, -0.2) is 0 Å². The number of rotatable bonds is 2. The molecule has 1 amide bonds. The number of furan rings is 1. The van der Waals surface area contributed by atoms with E-state index >= 15 is 0 Å². The second-order valence-electron chi connectivity index (χ2n) is 5.26. The van der Waals surface area contributed by atoms with Crippen molar-refractivity contribution in [3.63, 3.8) is 0 Å². The zero-order valence-corrected chi connectivity index (χ0v) is 11.7. The Morgan fingerprint density at radius 2 is 2.10 bits per heavy atom. The van der Waals surface area contributed by atoms with E-state index in [1.807, 2.05) is 0 Å². The Kier molecular flexibility index (Phi) is 3.61. The van der Waals surface area contributed by atoms with Crippen LogP contribution < -0.4 is 0 Å². The molecule has 0 aromatic carbocycles. The highest BCUT2D eigenvalue weighted by atomic mass is 19.4. The molecule has 1 atom stereocenters. The molecule has 0 spiro atoms. The number of halogens is 3. The number of aliphatic hydroxyl groups is 1. The summed E-state index contributed by atoms with van der Waals surface area (Å²) in [6.07, 6.45) is -5.79. The first-order chi connectivity index (χ1) is 9.56. The Morgan fingerprint density at radius 3 is 2.52 bits per heavy atom. The summed E-state index contributed by atoms with van der Waals surface area (Å²) >= 11 is 0. The van der Waals surface area contributed by atoms with Crippen molar-refractivity contribution in [3.8, 4) is 0 Å². The van der Waals surface area contributed by atoms with Crippen molar-refractivity contribution in [2.24, 2.45) is 11.0 Å². The van der Waals surface area contributed by atoms with Crippen LogP contribution in [0.2, 0.25) is 0 Å². The maximum absolute atomic E-state index is 13.2. The van der Waals surface area contributed by atoms with Crippen molar-refractivity contribution in [3.05, 3.63) is 23.7 Å². The molecule has 116 valence electrons. The fraction of sp³-hybridized carbons (Fsp3) is 0.538. The van der Waals surface area contributed by atoms with Gasteiger partial charge in [-0.05, 0) is 25.0 Å². The summed E-state index contributed by atoms with van der Waals surface area (Å²) in [5, 5.41) is 13.7. The summed E-state index contributed by atoms with van der Waals surface area (Å²) in [5.41, 5.74) is -3.24. The number of hydrogen-bond acceptors (Lipinski definition) is 4. The molecule has 1 aromatic heterocycles. The lowest BCUT2D eigenvalue weighted by atomic mass is 9.99. The van der Waals surface area contributed by atoms with Crippen molar-refractivity contribution in [1.82, 2.24) is 5.01 Å². The molecular weight excluding hydrogens is 289 g/mol. The quantitative estimate of drug-likeness (QED) is 0.913. The Morgan fingerprint density at radius 1 is 1.48 bits per heavy atom. The smallest absolute Gasteiger partial charge is 0.438 e. The highest BCUT2D eigenvalue weighted by Gasteiger charge is 2.63. The van der Waals surface area contributed by atoms with Crippen molar-refractivity contribution in [1.29, 1.82) is 0 Å². The lowest BCUT2D eigenvalue weighted by Crippen LogP contribution is -2.56. The summed E-state index contributed by atoms with van der Waals surface area (Å²) in [6.45, 7) is 4.83. The first kappa shape index (κ1) is 15.6. The fourth-order valence-corrected chi connectivity index (χ4v) is 1.98. The molecule has 2 rings (SSSR count). The maximum Gasteiger partial charge on any atom is 0.438 e. The number of alkyl halides is 3. The molecule has 2 heterocycles. The minimum absolute atomic E-state index is 0.0700. The Labute approximate surface area is 119 Å². The van der Waals surface area contributed by atoms with Crippen LogP contribution in [0, 0.1) is 12.8 Å². The average molecular weight is 304 g/mol. The molecule has 21 heavy (non-hydrogen) atoms. The number of carbonyl (C=O) groups excluding carboxylic acids is 1. The van der Waals surface area contributed by atoms with Crippen molar-refractivity contribution in [2.75, 3.05) is 0 Å². The number of hydrazone groups is 1. The van der Waals surface area contributed by atoms with Crippen LogP contribution in [0.5, 0.6) is 0 Å². The van der Waals surface area contributed by atoms with Gasteiger partial charge in [-0.3, -0.25) is 4.79 Å². The first-order valence-electron chi connectivity index (χ1n) is 6.33. The average Bonchev–Trinajstić information content (AvgIpc) is 2.92. The lowest BCUT2D eigenvalue weighted by molar-refractivity contribution is -0.297. The van der Waals surface area contributed by atoms with E-state index in [-0.39, 0.29) is 22.4 Å². The number of hydrogen-bond donors (Lipinski definition) is 1. The van der Waals surface area contributed by atoms with E-state index < -0.39 is 24.2 Å². The minimum Gasteiger partial charge on any atom is -0.456 e. The second kappa shape index (κ2) is 4.87. The molecule has 0 bridgehead atoms. The molecule has 5 nitrogen and oxygen atoms in total. The third-order valence-corrected chi connectivity index (χ3v) is 3.27. The van der Waals surface area contributed by atoms with E-state index in [1.165, 1.54) is 12.1 Å². The van der Waals surface area contributed by atoms with E-state index in [4.69, 9.17) is 4.42 Å². The highest BCUT2D eigenvalue weighted by molar-refractivity contribution is 5.97. The molecule has 0 aliphatic carbocycles. The number of nitrogens with zero attached hydrogens (tertiary/aromatic N) is 2. The molecule has 0 saturated carbocycles. The Hall–Kier alpha value is -1.83. The van der Waals surface area contributed by atoms with Crippen LogP contribution >= 0.6 is 0 Å². The maximum atomic E-state index is 13.2. The Bertz CT molecular complexity index is 592. The van der Waals surface area contributed by atoms with Gasteiger partial charge in [0, 0.05) is 12.1 Å². The Balaban J connectivity index is 2.43. The van der Waals surface area contributed by atoms with Crippen LogP contribution in [0.15, 0.2) is 21.7 Å². The topological polar surface area (TPSA) is 66.0 Å². The second-order valence-corrected chi connectivity index (χ2v) is 5.26. The molecular formula is C13H15F3N2O3. The van der Waals surface area contributed by atoms with E-state index in [0.717, 1.165) is 0 Å². The van der Waals surface area contributed by atoms with E-state index in [0.29, 0.717) is 5.76 Å². The molecule has 1 aromatic rings. The largest absolute Gasteiger partial charge is 0.456 e. The third kappa shape index (κ3) is 2.55. The van der Waals surface area contributed by atoms with Crippen LogP contribution in [0.4, 0.5) is 13.2 Å². The standard InChI is InChI=1S/C13H15F3N2O3/c1-7(2)9-6-12(20,13(14,15)16)18(17-9)11(19)10-5-4-8(3)21-10/h4-5,7,20H,6H2,1-3H3/t12-/m1/s1. The molecule has 1 aliphatic rings. The van der Waals surface area contributed by atoms with Crippen molar-refractivity contribution >= 4 is 11.6 Å². The zero-order chi connectivity index (χ0) is 16.0. The monoisotopic (exact) mass is 304 g/mol. The molecule has 8 heteroatoms. The van der Waals surface area contributed by atoms with Crippen LogP contribution in [-0.4, -0.2) is 33.6 Å². The number of aryl methyl sites for hydroxylation is 1. The van der Waals surface area contributed by atoms with Crippen LogP contribution in [-0.2, 0) is 0 Å². The summed E-state index contributed by atoms with van der Waals surface area (Å²) in [6, 6.07) is 2.69. The number of amides is 1. The molecule has 0 saturated heterocycles. The lowest BCUT2D eigenvalue weighted by Gasteiger charge is -2.32. The summed E-state index contributed by atoms with van der Waals surface area (Å²) in [4.78, 5) is 12.2. The molecule has 0 radical (unpaired) electrons. The van der Waals surface area contributed by atoms with Crippen molar-refractivity contribution < 1.29 is 27.5 Å². The molecule has 0 unspecified atom stereocenters. The van der Waals surface area contributed by atoms with Gasteiger partial charge in [-0.1, -0.05) is 13.8 Å². The van der Waals surface area contributed by atoms with Crippen LogP contribution in [0.3, 0.4) is 0 Å². The van der Waals surface area contributed by atoms with Gasteiger partial charge in [0.25, 0.3) is 5.72 Å². The summed E-state index contributed by atoms with van der Waals surface area (Å²) in [7, 11) is 0. The summed E-state index contributed by atoms with van der Waals surface area (Å²) < 4.78 is 44.5. The predicted molar refractivity (Wildman–Crippen MR) is 67.5 cm³/mol. The summed E-state index contributed by atoms with van der Waals surface area (Å²) in [5.74, 6) is -1.38. The van der Waals surface area contributed by atoms with Crippen LogP contribution in [0.25, 0.3) is 0 Å². The van der Waals surface area contributed by atoms with Gasteiger partial charge in [0.2, 0.25) is 0 Å².